The molecule has 2 aromatic rings. The summed E-state index contributed by atoms with van der Waals surface area (Å²) in [6, 6.07) is 14.5. The van der Waals surface area contributed by atoms with Gasteiger partial charge in [0.05, 0.1) is 6.42 Å². The van der Waals surface area contributed by atoms with E-state index in [2.05, 4.69) is 43.0 Å². The van der Waals surface area contributed by atoms with Gasteiger partial charge in [0.1, 0.15) is 0 Å². The lowest BCUT2D eigenvalue weighted by atomic mass is 9.91. The highest BCUT2D eigenvalue weighted by molar-refractivity contribution is 5.90. The molecule has 1 fully saturated rings. The summed E-state index contributed by atoms with van der Waals surface area (Å²) in [4.78, 5) is 14.7. The topological polar surface area (TPSA) is 20.3 Å². The Balaban J connectivity index is 1.80. The highest BCUT2D eigenvalue weighted by atomic mass is 16.2. The molecule has 0 radical (unpaired) electrons. The number of amides is 1. The third-order valence-electron chi connectivity index (χ3n) is 4.44. The molecule has 21 heavy (non-hydrogen) atoms. The fourth-order valence-corrected chi connectivity index (χ4v) is 3.59. The second kappa shape index (κ2) is 5.88. The highest BCUT2D eigenvalue weighted by Crippen LogP contribution is 2.23. The maximum atomic E-state index is 12.6. The first-order valence-electron chi connectivity index (χ1n) is 7.88. The lowest BCUT2D eigenvalue weighted by Crippen LogP contribution is -2.43. The van der Waals surface area contributed by atoms with Crippen molar-refractivity contribution in [3.63, 3.8) is 0 Å². The van der Waals surface area contributed by atoms with E-state index in [-0.39, 0.29) is 5.91 Å². The third-order valence-corrected chi connectivity index (χ3v) is 4.44. The fourth-order valence-electron chi connectivity index (χ4n) is 3.59. The molecule has 0 N–H and O–H groups in total. The molecule has 0 aliphatic carbocycles. The number of fused-ring (bicyclic) bond motifs is 1. The quantitative estimate of drug-likeness (QED) is 0.818. The van der Waals surface area contributed by atoms with E-state index < -0.39 is 0 Å². The van der Waals surface area contributed by atoms with Crippen LogP contribution in [0.4, 0.5) is 0 Å². The first-order chi connectivity index (χ1) is 10.1. The standard InChI is InChI=1S/C19H23NO/c1-14-10-15(2)13-20(12-14)19(21)11-17-8-5-7-16-6-3-4-9-18(16)17/h3-9,14-15H,10-13H2,1-2H3. The van der Waals surface area contributed by atoms with Gasteiger partial charge >= 0.3 is 0 Å². The normalized spacial score (nSPS) is 22.5. The van der Waals surface area contributed by atoms with Crippen molar-refractivity contribution in [3.05, 3.63) is 48.0 Å². The minimum absolute atomic E-state index is 0.268. The van der Waals surface area contributed by atoms with Crippen LogP contribution in [-0.4, -0.2) is 23.9 Å². The van der Waals surface area contributed by atoms with Gasteiger partial charge in [-0.3, -0.25) is 4.79 Å². The smallest absolute Gasteiger partial charge is 0.227 e. The second-order valence-electron chi connectivity index (χ2n) is 6.56. The Hall–Kier alpha value is -1.83. The maximum absolute atomic E-state index is 12.6. The lowest BCUT2D eigenvalue weighted by Gasteiger charge is -2.35. The zero-order valence-corrected chi connectivity index (χ0v) is 12.9. The molecule has 110 valence electrons. The maximum Gasteiger partial charge on any atom is 0.227 e. The van der Waals surface area contributed by atoms with Crippen molar-refractivity contribution in [2.75, 3.05) is 13.1 Å². The molecule has 0 bridgehead atoms. The largest absolute Gasteiger partial charge is 0.342 e. The minimum atomic E-state index is 0.268. The number of hydrogen-bond donors (Lipinski definition) is 0. The second-order valence-corrected chi connectivity index (χ2v) is 6.56. The Kier molecular flexibility index (Phi) is 3.96. The molecule has 0 saturated carbocycles. The van der Waals surface area contributed by atoms with Crippen LogP contribution in [0.2, 0.25) is 0 Å². The van der Waals surface area contributed by atoms with Crippen molar-refractivity contribution in [2.45, 2.75) is 26.7 Å². The molecular weight excluding hydrogens is 258 g/mol. The van der Waals surface area contributed by atoms with E-state index in [1.54, 1.807) is 0 Å². The lowest BCUT2D eigenvalue weighted by molar-refractivity contribution is -0.133. The van der Waals surface area contributed by atoms with Gasteiger partial charge in [-0.1, -0.05) is 56.3 Å². The summed E-state index contributed by atoms with van der Waals surface area (Å²) < 4.78 is 0. The van der Waals surface area contributed by atoms with Gasteiger partial charge in [0, 0.05) is 13.1 Å². The van der Waals surface area contributed by atoms with Crippen molar-refractivity contribution in [3.8, 4) is 0 Å². The summed E-state index contributed by atoms with van der Waals surface area (Å²) in [5, 5.41) is 2.41. The van der Waals surface area contributed by atoms with Gasteiger partial charge in [-0.15, -0.1) is 0 Å². The van der Waals surface area contributed by atoms with Gasteiger partial charge in [0.25, 0.3) is 0 Å². The number of likely N-dealkylation sites (tertiary alicyclic amines) is 1. The Bertz CT molecular complexity index is 634. The van der Waals surface area contributed by atoms with E-state index in [1.807, 2.05) is 18.2 Å². The predicted octanol–water partition coefficient (Wildman–Crippen LogP) is 3.89. The van der Waals surface area contributed by atoms with Crippen LogP contribution in [-0.2, 0) is 11.2 Å². The molecule has 2 nitrogen and oxygen atoms in total. The van der Waals surface area contributed by atoms with E-state index in [0.717, 1.165) is 18.7 Å². The van der Waals surface area contributed by atoms with Gasteiger partial charge in [-0.2, -0.15) is 0 Å². The summed E-state index contributed by atoms with van der Waals surface area (Å²) in [6.07, 6.45) is 1.75. The summed E-state index contributed by atoms with van der Waals surface area (Å²) in [5.74, 6) is 1.50. The van der Waals surface area contributed by atoms with Gasteiger partial charge < -0.3 is 4.90 Å². The summed E-state index contributed by atoms with van der Waals surface area (Å²) in [6.45, 7) is 6.31. The number of carbonyl (C=O) groups excluding carboxylic acids is 1. The Morgan fingerprint density at radius 3 is 2.48 bits per heavy atom. The molecule has 2 aromatic carbocycles. The molecule has 3 rings (SSSR count). The van der Waals surface area contributed by atoms with Gasteiger partial charge in [-0.25, -0.2) is 0 Å². The van der Waals surface area contributed by atoms with E-state index >= 15 is 0 Å². The molecule has 1 aliphatic rings. The zero-order valence-electron chi connectivity index (χ0n) is 12.9. The van der Waals surface area contributed by atoms with Gasteiger partial charge in [-0.05, 0) is 34.6 Å². The number of rotatable bonds is 2. The average molecular weight is 281 g/mol. The molecule has 1 aliphatic heterocycles. The predicted molar refractivity (Wildman–Crippen MR) is 87.2 cm³/mol. The minimum Gasteiger partial charge on any atom is -0.342 e. The Morgan fingerprint density at radius 2 is 1.71 bits per heavy atom. The van der Waals surface area contributed by atoms with Crippen LogP contribution < -0.4 is 0 Å². The number of piperidine rings is 1. The first-order valence-corrected chi connectivity index (χ1v) is 7.88. The van der Waals surface area contributed by atoms with Gasteiger partial charge in [0.15, 0.2) is 0 Å². The van der Waals surface area contributed by atoms with Crippen molar-refractivity contribution in [1.29, 1.82) is 0 Å². The molecule has 1 heterocycles. The molecule has 1 amide bonds. The summed E-state index contributed by atoms with van der Waals surface area (Å²) >= 11 is 0. The van der Waals surface area contributed by atoms with Crippen molar-refractivity contribution in [1.82, 2.24) is 4.90 Å². The number of nitrogens with zero attached hydrogens (tertiary/aromatic N) is 1. The molecule has 1 saturated heterocycles. The van der Waals surface area contributed by atoms with Gasteiger partial charge in [0.2, 0.25) is 5.91 Å². The van der Waals surface area contributed by atoms with E-state index in [9.17, 15) is 4.79 Å². The molecule has 2 heteroatoms. The average Bonchev–Trinajstić information content (AvgIpc) is 2.46. The van der Waals surface area contributed by atoms with E-state index in [0.29, 0.717) is 18.3 Å². The van der Waals surface area contributed by atoms with Crippen LogP contribution in [0.15, 0.2) is 42.5 Å². The fraction of sp³-hybridized carbons (Fsp3) is 0.421. The van der Waals surface area contributed by atoms with E-state index in [1.165, 1.54) is 17.2 Å². The molecule has 2 unspecified atom stereocenters. The number of hydrogen-bond acceptors (Lipinski definition) is 1. The number of benzene rings is 2. The van der Waals surface area contributed by atoms with Crippen LogP contribution >= 0.6 is 0 Å². The molecule has 0 aromatic heterocycles. The van der Waals surface area contributed by atoms with Crippen LogP contribution in [0.25, 0.3) is 10.8 Å². The van der Waals surface area contributed by atoms with Crippen LogP contribution in [0, 0.1) is 11.8 Å². The molecule has 0 spiro atoms. The zero-order chi connectivity index (χ0) is 14.8. The third kappa shape index (κ3) is 3.10. The van der Waals surface area contributed by atoms with Crippen LogP contribution in [0.1, 0.15) is 25.8 Å². The van der Waals surface area contributed by atoms with E-state index in [4.69, 9.17) is 0 Å². The highest BCUT2D eigenvalue weighted by Gasteiger charge is 2.25. The monoisotopic (exact) mass is 281 g/mol. The summed E-state index contributed by atoms with van der Waals surface area (Å²) in [5.41, 5.74) is 1.14. The molecular formula is C19H23NO. The van der Waals surface area contributed by atoms with Crippen molar-refractivity contribution < 1.29 is 4.79 Å². The Morgan fingerprint density at radius 1 is 1.05 bits per heavy atom. The van der Waals surface area contributed by atoms with Crippen molar-refractivity contribution >= 4 is 16.7 Å². The van der Waals surface area contributed by atoms with Crippen LogP contribution in [0.5, 0.6) is 0 Å². The van der Waals surface area contributed by atoms with Crippen LogP contribution in [0.3, 0.4) is 0 Å². The number of carbonyl (C=O) groups is 1. The summed E-state index contributed by atoms with van der Waals surface area (Å²) in [7, 11) is 0. The first kappa shape index (κ1) is 14.1. The Labute approximate surface area is 126 Å². The van der Waals surface area contributed by atoms with Crippen molar-refractivity contribution in [2.24, 2.45) is 11.8 Å². The SMILES string of the molecule is CC1CC(C)CN(C(=O)Cc2cccc3ccccc23)C1. The molecule has 2 atom stereocenters.